The number of carbonyl (C=O) groups is 1. The molecular formula is C2H7NaO4. The summed E-state index contributed by atoms with van der Waals surface area (Å²) in [7, 11) is 1.00. The summed E-state index contributed by atoms with van der Waals surface area (Å²) in [4.78, 5) is 8.56. The van der Waals surface area contributed by atoms with Crippen LogP contribution in [0.15, 0.2) is 0 Å². The molecule has 0 aliphatic heterocycles. The number of aliphatic hydroxyl groups is 1. The molecule has 0 saturated carbocycles. The zero-order chi connectivity index (χ0) is 5.58. The quantitative estimate of drug-likeness (QED) is 0.363. The molecular weight excluding hydrogens is 111 g/mol. The van der Waals surface area contributed by atoms with Gasteiger partial charge in [0.15, 0.2) is 0 Å². The van der Waals surface area contributed by atoms with Crippen LogP contribution in [0.2, 0.25) is 0 Å². The van der Waals surface area contributed by atoms with Crippen molar-refractivity contribution in [2.45, 2.75) is 0 Å². The van der Waals surface area contributed by atoms with Crippen LogP contribution in [0.5, 0.6) is 0 Å². The molecule has 0 aromatic rings. The van der Waals surface area contributed by atoms with E-state index in [2.05, 4.69) is 0 Å². The van der Waals surface area contributed by atoms with Crippen molar-refractivity contribution in [1.29, 1.82) is 0 Å². The van der Waals surface area contributed by atoms with E-state index in [1.54, 1.807) is 0 Å². The molecule has 0 unspecified atom stereocenters. The molecule has 0 heterocycles. The monoisotopic (exact) mass is 118 g/mol. The van der Waals surface area contributed by atoms with Crippen LogP contribution in [0.25, 0.3) is 0 Å². The normalized spacial score (nSPS) is 4.29. The molecule has 0 saturated heterocycles. The Morgan fingerprint density at radius 2 is 1.29 bits per heavy atom. The first-order valence-corrected chi connectivity index (χ1v) is 1.10. The number of hydrogen-bond acceptors (Lipinski definition) is 2. The zero-order valence-electron chi connectivity index (χ0n) is 3.25. The van der Waals surface area contributed by atoms with Crippen molar-refractivity contribution in [3.8, 4) is 0 Å². The van der Waals surface area contributed by atoms with Crippen LogP contribution < -0.4 is 0 Å². The average Bonchev–Trinajstić information content (AvgIpc) is 1.41. The van der Waals surface area contributed by atoms with Gasteiger partial charge in [-0.05, 0) is 0 Å². The zero-order valence-corrected chi connectivity index (χ0v) is 3.25. The molecule has 0 aliphatic rings. The molecule has 40 valence electrons. The first-order chi connectivity index (χ1) is 2.73. The van der Waals surface area contributed by atoms with Crippen molar-refractivity contribution < 1.29 is 20.1 Å². The summed E-state index contributed by atoms with van der Waals surface area (Å²) in [5.41, 5.74) is 0. The molecule has 4 nitrogen and oxygen atoms in total. The van der Waals surface area contributed by atoms with Crippen LogP contribution in [-0.2, 0) is 0 Å². The van der Waals surface area contributed by atoms with E-state index in [1.165, 1.54) is 0 Å². The topological polar surface area (TPSA) is 77.8 Å². The van der Waals surface area contributed by atoms with Crippen molar-refractivity contribution in [2.75, 3.05) is 7.11 Å². The Bertz CT molecular complexity index is 32.7. The number of carboxylic acid groups (broad SMARTS) is 2. The minimum atomic E-state index is -1.83. The Morgan fingerprint density at radius 3 is 1.29 bits per heavy atom. The van der Waals surface area contributed by atoms with Gasteiger partial charge in [-0.3, -0.25) is 0 Å². The van der Waals surface area contributed by atoms with Crippen LogP contribution >= 0.6 is 0 Å². The van der Waals surface area contributed by atoms with Gasteiger partial charge in [-0.1, -0.05) is 0 Å². The van der Waals surface area contributed by atoms with Gasteiger partial charge in [0.2, 0.25) is 0 Å². The summed E-state index contributed by atoms with van der Waals surface area (Å²) in [6.07, 6.45) is -1.83. The second-order valence-electron chi connectivity index (χ2n) is 0.283. The molecule has 0 aliphatic carbocycles. The van der Waals surface area contributed by atoms with Gasteiger partial charge in [-0.15, -0.1) is 0 Å². The van der Waals surface area contributed by atoms with Crippen LogP contribution in [-0.4, -0.2) is 58.1 Å². The molecule has 0 radical (unpaired) electrons. The van der Waals surface area contributed by atoms with Gasteiger partial charge in [-0.2, -0.15) is 0 Å². The summed E-state index contributed by atoms with van der Waals surface area (Å²) in [5.74, 6) is 0. The van der Waals surface area contributed by atoms with Crippen molar-refractivity contribution in [2.24, 2.45) is 0 Å². The van der Waals surface area contributed by atoms with Gasteiger partial charge in [0.05, 0.1) is 0 Å². The molecule has 0 aromatic carbocycles. The first-order valence-electron chi connectivity index (χ1n) is 1.10. The molecule has 0 atom stereocenters. The SMILES string of the molecule is CO.O=C(O)O.[NaH]. The Morgan fingerprint density at radius 1 is 1.29 bits per heavy atom. The predicted molar refractivity (Wildman–Crippen MR) is 25.9 cm³/mol. The second kappa shape index (κ2) is 16.3. The molecule has 0 aromatic heterocycles. The second-order valence-corrected chi connectivity index (χ2v) is 0.283. The van der Waals surface area contributed by atoms with E-state index in [0.717, 1.165) is 7.11 Å². The van der Waals surface area contributed by atoms with Crippen molar-refractivity contribution in [3.63, 3.8) is 0 Å². The van der Waals surface area contributed by atoms with E-state index in [4.69, 9.17) is 20.1 Å². The summed E-state index contributed by atoms with van der Waals surface area (Å²) < 4.78 is 0. The fraction of sp³-hybridized carbons (Fsp3) is 0.500. The summed E-state index contributed by atoms with van der Waals surface area (Å²) in [6.45, 7) is 0. The van der Waals surface area contributed by atoms with Crippen LogP contribution in [0.3, 0.4) is 0 Å². The number of rotatable bonds is 0. The molecule has 5 heteroatoms. The molecule has 3 N–H and O–H groups in total. The predicted octanol–water partition coefficient (Wildman–Crippen LogP) is -0.818. The van der Waals surface area contributed by atoms with E-state index >= 15 is 0 Å². The van der Waals surface area contributed by atoms with E-state index in [1.807, 2.05) is 0 Å². The molecule has 0 bridgehead atoms. The van der Waals surface area contributed by atoms with Gasteiger partial charge in [0, 0.05) is 7.11 Å². The summed E-state index contributed by atoms with van der Waals surface area (Å²) >= 11 is 0. The standard InChI is InChI=1S/CH2O3.CH4O.Na.H/c2-1(3)4;1-2;;/h(H2,2,3,4);2H,1H3;;. The molecule has 0 amide bonds. The van der Waals surface area contributed by atoms with Crippen molar-refractivity contribution in [1.82, 2.24) is 0 Å². The van der Waals surface area contributed by atoms with Crippen LogP contribution in [0, 0.1) is 0 Å². The van der Waals surface area contributed by atoms with E-state index in [0.29, 0.717) is 0 Å². The third kappa shape index (κ3) is 2110. The first kappa shape index (κ1) is 15.7. The van der Waals surface area contributed by atoms with Gasteiger partial charge >= 0.3 is 35.7 Å². The van der Waals surface area contributed by atoms with E-state index < -0.39 is 6.16 Å². The van der Waals surface area contributed by atoms with Crippen LogP contribution in [0.4, 0.5) is 4.79 Å². The summed E-state index contributed by atoms with van der Waals surface area (Å²) in [6, 6.07) is 0. The van der Waals surface area contributed by atoms with E-state index in [9.17, 15) is 0 Å². The third-order valence-corrected chi connectivity index (χ3v) is 0. The maximum atomic E-state index is 8.56. The van der Waals surface area contributed by atoms with Gasteiger partial charge < -0.3 is 15.3 Å². The Labute approximate surface area is 63.1 Å². The van der Waals surface area contributed by atoms with Gasteiger partial charge in [0.25, 0.3) is 0 Å². The Hall–Kier alpha value is 0.230. The Kier molecular flexibility index (Phi) is 36.6. The van der Waals surface area contributed by atoms with Gasteiger partial charge in [0.1, 0.15) is 0 Å². The fourth-order valence-electron chi connectivity index (χ4n) is 0. The molecule has 7 heavy (non-hydrogen) atoms. The maximum absolute atomic E-state index is 8.56. The molecule has 0 fully saturated rings. The number of aliphatic hydroxyl groups excluding tert-OH is 1. The van der Waals surface area contributed by atoms with Crippen molar-refractivity contribution in [3.05, 3.63) is 0 Å². The molecule has 0 rings (SSSR count). The average molecular weight is 118 g/mol. The van der Waals surface area contributed by atoms with E-state index in [-0.39, 0.29) is 29.6 Å². The third-order valence-electron chi connectivity index (χ3n) is 0. The minimum absolute atomic E-state index is 0. The molecule has 0 spiro atoms. The van der Waals surface area contributed by atoms with Gasteiger partial charge in [-0.25, -0.2) is 4.79 Å². The van der Waals surface area contributed by atoms with Crippen molar-refractivity contribution >= 4 is 35.7 Å². The fourth-order valence-corrected chi connectivity index (χ4v) is 0. The van der Waals surface area contributed by atoms with Crippen LogP contribution in [0.1, 0.15) is 0 Å². The Balaban J connectivity index is -0.0000000480. The number of hydrogen-bond donors (Lipinski definition) is 3. The summed E-state index contributed by atoms with van der Waals surface area (Å²) in [5, 5.41) is 20.9.